The molecule has 1 heterocycles. The highest BCUT2D eigenvalue weighted by Crippen LogP contribution is 2.34. The summed E-state index contributed by atoms with van der Waals surface area (Å²) >= 11 is 1.20. The molecule has 0 spiro atoms. The number of benzene rings is 3. The van der Waals surface area contributed by atoms with Crippen molar-refractivity contribution in [3.63, 3.8) is 0 Å². The third kappa shape index (κ3) is 5.80. The van der Waals surface area contributed by atoms with Crippen LogP contribution in [0.25, 0.3) is 11.0 Å². The van der Waals surface area contributed by atoms with Crippen LogP contribution < -0.4 is 20.5 Å². The first kappa shape index (κ1) is 23.6. The van der Waals surface area contributed by atoms with E-state index in [9.17, 15) is 10.1 Å². The molecular weight excluding hydrogens is 440 g/mol. The number of fused-ring (bicyclic) bond motifs is 1. The number of nitro groups is 1. The van der Waals surface area contributed by atoms with Crippen molar-refractivity contribution in [2.45, 2.75) is 18.7 Å². The molecule has 0 saturated carbocycles. The van der Waals surface area contributed by atoms with Gasteiger partial charge in [-0.05, 0) is 48.3 Å². The van der Waals surface area contributed by atoms with Crippen LogP contribution in [0.3, 0.4) is 0 Å². The van der Waals surface area contributed by atoms with E-state index in [1.165, 1.54) is 24.1 Å². The zero-order valence-corrected chi connectivity index (χ0v) is 19.2. The Balaban J connectivity index is 0.00000149. The number of anilines is 4. The van der Waals surface area contributed by atoms with E-state index in [4.69, 9.17) is 10.5 Å². The van der Waals surface area contributed by atoms with Crippen molar-refractivity contribution in [3.05, 3.63) is 76.8 Å². The van der Waals surface area contributed by atoms with Gasteiger partial charge in [-0.25, -0.2) is 9.97 Å². The van der Waals surface area contributed by atoms with Crippen molar-refractivity contribution >= 4 is 51.7 Å². The molecule has 1 aromatic heterocycles. The van der Waals surface area contributed by atoms with Crippen molar-refractivity contribution in [2.24, 2.45) is 0 Å². The lowest BCUT2D eigenvalue weighted by Gasteiger charge is -2.15. The molecule has 0 fully saturated rings. The van der Waals surface area contributed by atoms with Crippen LogP contribution in [0.1, 0.15) is 13.8 Å². The van der Waals surface area contributed by atoms with Crippen molar-refractivity contribution < 1.29 is 9.66 Å². The van der Waals surface area contributed by atoms with Gasteiger partial charge in [-0.3, -0.25) is 10.1 Å². The molecule has 3 aromatic carbocycles. The molecule has 0 aliphatic rings. The molecule has 0 amide bonds. The molecule has 0 atom stereocenters. The third-order valence-corrected chi connectivity index (χ3v) is 5.13. The molecule has 4 rings (SSSR count). The number of rotatable bonds is 7. The summed E-state index contributed by atoms with van der Waals surface area (Å²) in [5.41, 5.74) is 8.56. The number of nitro benzene ring substituents is 1. The summed E-state index contributed by atoms with van der Waals surface area (Å²) in [5.74, 6) is 1.52. The summed E-state index contributed by atoms with van der Waals surface area (Å²) in [6.45, 7) is 4.00. The minimum absolute atomic E-state index is 0.0132. The smallest absolute Gasteiger partial charge is 0.270 e. The number of nitrogens with zero attached hydrogens (tertiary/aromatic N) is 3. The molecule has 170 valence electrons. The van der Waals surface area contributed by atoms with Gasteiger partial charge in [0.15, 0.2) is 11.6 Å². The average molecular weight is 465 g/mol. The number of methoxy groups -OCH3 is 1. The summed E-state index contributed by atoms with van der Waals surface area (Å²) < 4.78 is 8.56. The van der Waals surface area contributed by atoms with Crippen molar-refractivity contribution in [1.29, 1.82) is 0 Å². The molecule has 0 aliphatic carbocycles. The Bertz CT molecular complexity index is 1270. The summed E-state index contributed by atoms with van der Waals surface area (Å²) in [5, 5.41) is 14.3. The van der Waals surface area contributed by atoms with Gasteiger partial charge >= 0.3 is 0 Å². The number of nitrogens with two attached hydrogens (primary N) is 1. The second kappa shape index (κ2) is 11.0. The van der Waals surface area contributed by atoms with Crippen LogP contribution in [-0.4, -0.2) is 22.0 Å². The van der Waals surface area contributed by atoms with E-state index in [0.29, 0.717) is 44.7 Å². The van der Waals surface area contributed by atoms with E-state index >= 15 is 0 Å². The Morgan fingerprint density at radius 2 is 1.67 bits per heavy atom. The first-order valence-corrected chi connectivity index (χ1v) is 11.0. The number of hydrogen-bond donors (Lipinski definition) is 3. The Morgan fingerprint density at radius 3 is 2.33 bits per heavy atom. The molecule has 0 unspecified atom stereocenters. The number of aromatic nitrogens is 2. The van der Waals surface area contributed by atoms with Crippen LogP contribution in [0.15, 0.2) is 71.6 Å². The van der Waals surface area contributed by atoms with Gasteiger partial charge in [0.2, 0.25) is 0 Å². The molecule has 0 bridgehead atoms. The number of ether oxygens (including phenoxy) is 1. The number of hydrogen-bond acceptors (Lipinski definition) is 9. The minimum atomic E-state index is -0.432. The van der Waals surface area contributed by atoms with Crippen LogP contribution in [0, 0.1) is 10.1 Å². The van der Waals surface area contributed by atoms with E-state index in [-0.39, 0.29) is 5.69 Å². The van der Waals surface area contributed by atoms with Crippen molar-refractivity contribution in [2.75, 3.05) is 22.9 Å². The summed E-state index contributed by atoms with van der Waals surface area (Å²) in [6.07, 6.45) is 0. The van der Waals surface area contributed by atoms with Crippen LogP contribution >= 0.6 is 11.9 Å². The van der Waals surface area contributed by atoms with E-state index in [2.05, 4.69) is 20.0 Å². The van der Waals surface area contributed by atoms with Crippen LogP contribution in [0.4, 0.5) is 28.7 Å². The van der Waals surface area contributed by atoms with Gasteiger partial charge in [-0.2, -0.15) is 0 Å². The Kier molecular flexibility index (Phi) is 7.87. The quantitative estimate of drug-likeness (QED) is 0.130. The monoisotopic (exact) mass is 464 g/mol. The molecule has 4 N–H and O–H groups in total. The van der Waals surface area contributed by atoms with E-state index in [0.717, 1.165) is 0 Å². The molecule has 0 saturated heterocycles. The molecular formula is C23H24N6O3S. The fourth-order valence-electron chi connectivity index (χ4n) is 2.88. The molecule has 0 aliphatic heterocycles. The van der Waals surface area contributed by atoms with Gasteiger partial charge in [0, 0.05) is 22.7 Å². The molecule has 0 radical (unpaired) electrons. The molecule has 33 heavy (non-hydrogen) atoms. The summed E-state index contributed by atoms with van der Waals surface area (Å²) in [6, 6.07) is 19.1. The number of nitrogen functional groups attached to an aromatic ring is 1. The maximum absolute atomic E-state index is 11.0. The zero-order chi connectivity index (χ0) is 23.8. The molecule has 10 heteroatoms. The predicted molar refractivity (Wildman–Crippen MR) is 134 cm³/mol. The Labute approximate surface area is 195 Å². The largest absolute Gasteiger partial charge is 0.495 e. The third-order valence-electron chi connectivity index (χ3n) is 4.34. The first-order chi connectivity index (χ1) is 16.0. The van der Waals surface area contributed by atoms with E-state index in [1.807, 2.05) is 38.1 Å². The standard InChI is InChI=1S/C21H18N6O3S.C2H6/c1-30-19-10-9-13(22)11-18(19)25-20-21(24-17-8-3-2-7-16(17)23-20)26-31-15-6-4-5-14(12-15)27(28)29;1-2/h2-12H,22H2,1H3,(H,23,25)(H,24,26);1-2H3. The minimum Gasteiger partial charge on any atom is -0.495 e. The fourth-order valence-corrected chi connectivity index (χ4v) is 3.56. The van der Waals surface area contributed by atoms with E-state index in [1.54, 1.807) is 37.4 Å². The zero-order valence-electron chi connectivity index (χ0n) is 18.4. The fraction of sp³-hybridized carbons (Fsp3) is 0.130. The molecule has 4 aromatic rings. The predicted octanol–water partition coefficient (Wildman–Crippen LogP) is 6.02. The van der Waals surface area contributed by atoms with Gasteiger partial charge in [-0.15, -0.1) is 0 Å². The normalized spacial score (nSPS) is 10.2. The van der Waals surface area contributed by atoms with Crippen LogP contribution in [-0.2, 0) is 0 Å². The highest BCUT2D eigenvalue weighted by atomic mass is 32.2. The van der Waals surface area contributed by atoms with Gasteiger partial charge in [0.05, 0.1) is 28.8 Å². The van der Waals surface area contributed by atoms with Gasteiger partial charge < -0.3 is 20.5 Å². The maximum Gasteiger partial charge on any atom is 0.270 e. The first-order valence-electron chi connectivity index (χ1n) is 10.2. The van der Waals surface area contributed by atoms with Gasteiger partial charge in [0.25, 0.3) is 5.69 Å². The summed E-state index contributed by atoms with van der Waals surface area (Å²) in [7, 11) is 1.57. The van der Waals surface area contributed by atoms with Crippen molar-refractivity contribution in [1.82, 2.24) is 9.97 Å². The van der Waals surface area contributed by atoms with E-state index < -0.39 is 4.92 Å². The van der Waals surface area contributed by atoms with Crippen molar-refractivity contribution in [3.8, 4) is 5.75 Å². The number of nitrogens with one attached hydrogen (secondary N) is 2. The van der Waals surface area contributed by atoms with Gasteiger partial charge in [0.1, 0.15) is 5.75 Å². The highest BCUT2D eigenvalue weighted by Gasteiger charge is 2.13. The number of non-ortho nitro benzene ring substituents is 1. The Hall–Kier alpha value is -4.05. The second-order valence-corrected chi connectivity index (χ2v) is 7.33. The number of para-hydroxylation sites is 2. The van der Waals surface area contributed by atoms with Crippen LogP contribution in [0.5, 0.6) is 5.75 Å². The lowest BCUT2D eigenvalue weighted by atomic mass is 10.2. The topological polar surface area (TPSA) is 128 Å². The highest BCUT2D eigenvalue weighted by molar-refractivity contribution is 8.00. The lowest BCUT2D eigenvalue weighted by Crippen LogP contribution is -2.04. The SMILES string of the molecule is CC.COc1ccc(N)cc1Nc1nc2ccccc2nc1NSc1cccc([N+](=O)[O-])c1. The summed E-state index contributed by atoms with van der Waals surface area (Å²) in [4.78, 5) is 20.6. The average Bonchev–Trinajstić information content (AvgIpc) is 2.84. The lowest BCUT2D eigenvalue weighted by molar-refractivity contribution is -0.385. The second-order valence-electron chi connectivity index (χ2n) is 6.45. The van der Waals surface area contributed by atoms with Gasteiger partial charge in [-0.1, -0.05) is 32.0 Å². The Morgan fingerprint density at radius 1 is 0.970 bits per heavy atom. The molecule has 9 nitrogen and oxygen atoms in total. The maximum atomic E-state index is 11.0. The van der Waals surface area contributed by atoms with Crippen LogP contribution in [0.2, 0.25) is 0 Å².